The molecule has 0 aliphatic heterocycles. The van der Waals surface area contributed by atoms with Gasteiger partial charge in [0.1, 0.15) is 0 Å². The predicted molar refractivity (Wildman–Crippen MR) is 61.2 cm³/mol. The Morgan fingerprint density at radius 3 is 2.57 bits per heavy atom. The van der Waals surface area contributed by atoms with Crippen molar-refractivity contribution in [2.45, 2.75) is 32.9 Å². The summed E-state index contributed by atoms with van der Waals surface area (Å²) < 4.78 is 0. The highest BCUT2D eigenvalue weighted by atomic mass is 15.0. The molecular weight excluding hydrogens is 172 g/mol. The van der Waals surface area contributed by atoms with Crippen LogP contribution in [0.5, 0.6) is 0 Å². The lowest BCUT2D eigenvalue weighted by atomic mass is 10.0. The average Bonchev–Trinajstić information content (AvgIpc) is 2.14. The molecule has 78 valence electrons. The molecule has 0 aliphatic carbocycles. The third-order valence-corrected chi connectivity index (χ3v) is 2.21. The molecule has 0 amide bonds. The van der Waals surface area contributed by atoms with E-state index in [9.17, 15) is 0 Å². The first-order valence-corrected chi connectivity index (χ1v) is 5.16. The van der Waals surface area contributed by atoms with E-state index in [1.54, 1.807) is 0 Å². The molecule has 14 heavy (non-hydrogen) atoms. The summed E-state index contributed by atoms with van der Waals surface area (Å²) in [5.41, 5.74) is 8.30. The van der Waals surface area contributed by atoms with E-state index in [1.807, 2.05) is 0 Å². The van der Waals surface area contributed by atoms with Crippen molar-refractivity contribution in [3.05, 3.63) is 35.4 Å². The van der Waals surface area contributed by atoms with Crippen molar-refractivity contribution in [3.8, 4) is 0 Å². The molecule has 1 unspecified atom stereocenters. The van der Waals surface area contributed by atoms with Gasteiger partial charge in [0.15, 0.2) is 0 Å². The van der Waals surface area contributed by atoms with Gasteiger partial charge in [0.25, 0.3) is 0 Å². The average molecular weight is 192 g/mol. The zero-order valence-electron chi connectivity index (χ0n) is 9.25. The van der Waals surface area contributed by atoms with Gasteiger partial charge >= 0.3 is 0 Å². The topological polar surface area (TPSA) is 38.0 Å². The SMILES string of the molecule is Cc1cccc(C(CN)NC(C)C)c1. The molecule has 3 N–H and O–H groups in total. The van der Waals surface area contributed by atoms with E-state index in [-0.39, 0.29) is 6.04 Å². The summed E-state index contributed by atoms with van der Waals surface area (Å²) in [6, 6.07) is 9.23. The number of nitrogens with two attached hydrogens (primary N) is 1. The predicted octanol–water partition coefficient (Wildman–Crippen LogP) is 1.99. The largest absolute Gasteiger partial charge is 0.329 e. The summed E-state index contributed by atoms with van der Waals surface area (Å²) in [5.74, 6) is 0. The van der Waals surface area contributed by atoms with Crippen LogP contribution in [0, 0.1) is 6.92 Å². The van der Waals surface area contributed by atoms with Crippen LogP contribution in [0.1, 0.15) is 31.0 Å². The lowest BCUT2D eigenvalue weighted by Gasteiger charge is -2.20. The quantitative estimate of drug-likeness (QED) is 0.765. The standard InChI is InChI=1S/C12H20N2/c1-9(2)14-12(8-13)11-6-4-5-10(3)7-11/h4-7,9,12,14H,8,13H2,1-3H3. The Hall–Kier alpha value is -0.860. The van der Waals surface area contributed by atoms with E-state index in [1.165, 1.54) is 11.1 Å². The van der Waals surface area contributed by atoms with E-state index in [2.05, 4.69) is 50.4 Å². The minimum atomic E-state index is 0.273. The zero-order chi connectivity index (χ0) is 10.6. The Morgan fingerprint density at radius 1 is 1.36 bits per heavy atom. The Kier molecular flexibility index (Phi) is 4.11. The van der Waals surface area contributed by atoms with Crippen molar-refractivity contribution in [1.29, 1.82) is 0 Å². The Balaban J connectivity index is 2.78. The number of hydrogen-bond donors (Lipinski definition) is 2. The van der Waals surface area contributed by atoms with Crippen LogP contribution in [0.25, 0.3) is 0 Å². The number of nitrogens with one attached hydrogen (secondary N) is 1. The van der Waals surface area contributed by atoms with Crippen LogP contribution in [-0.4, -0.2) is 12.6 Å². The van der Waals surface area contributed by atoms with Gasteiger partial charge in [-0.3, -0.25) is 0 Å². The zero-order valence-corrected chi connectivity index (χ0v) is 9.25. The summed E-state index contributed by atoms with van der Waals surface area (Å²) >= 11 is 0. The van der Waals surface area contributed by atoms with Gasteiger partial charge in [-0.2, -0.15) is 0 Å². The fourth-order valence-corrected chi connectivity index (χ4v) is 1.59. The van der Waals surface area contributed by atoms with Gasteiger partial charge in [0.05, 0.1) is 0 Å². The third kappa shape index (κ3) is 3.13. The second-order valence-electron chi connectivity index (χ2n) is 4.02. The van der Waals surface area contributed by atoms with Gasteiger partial charge in [-0.1, -0.05) is 43.7 Å². The van der Waals surface area contributed by atoms with Crippen LogP contribution in [0.3, 0.4) is 0 Å². The molecule has 0 aromatic heterocycles. The number of aryl methyl sites for hydroxylation is 1. The van der Waals surface area contributed by atoms with E-state index >= 15 is 0 Å². The van der Waals surface area contributed by atoms with Crippen molar-refractivity contribution in [2.24, 2.45) is 5.73 Å². The minimum absolute atomic E-state index is 0.273. The fraction of sp³-hybridized carbons (Fsp3) is 0.500. The maximum atomic E-state index is 5.74. The van der Waals surface area contributed by atoms with Crippen LogP contribution in [0.4, 0.5) is 0 Å². The summed E-state index contributed by atoms with van der Waals surface area (Å²) in [4.78, 5) is 0. The van der Waals surface area contributed by atoms with E-state index in [0.29, 0.717) is 12.6 Å². The lowest BCUT2D eigenvalue weighted by molar-refractivity contribution is 0.483. The molecule has 0 fully saturated rings. The van der Waals surface area contributed by atoms with Crippen molar-refractivity contribution >= 4 is 0 Å². The molecule has 0 saturated carbocycles. The maximum absolute atomic E-state index is 5.74. The van der Waals surface area contributed by atoms with Crippen molar-refractivity contribution in [3.63, 3.8) is 0 Å². The first-order valence-electron chi connectivity index (χ1n) is 5.16. The normalized spacial score (nSPS) is 13.2. The van der Waals surface area contributed by atoms with Crippen molar-refractivity contribution in [1.82, 2.24) is 5.32 Å². The molecule has 0 heterocycles. The first kappa shape index (κ1) is 11.2. The highest BCUT2D eigenvalue weighted by molar-refractivity contribution is 5.25. The second-order valence-corrected chi connectivity index (χ2v) is 4.02. The Labute approximate surface area is 86.5 Å². The smallest absolute Gasteiger partial charge is 0.0446 e. The molecule has 0 saturated heterocycles. The van der Waals surface area contributed by atoms with Gasteiger partial charge in [-0.15, -0.1) is 0 Å². The van der Waals surface area contributed by atoms with Gasteiger partial charge in [-0.05, 0) is 12.5 Å². The lowest BCUT2D eigenvalue weighted by Crippen LogP contribution is -2.33. The second kappa shape index (κ2) is 5.13. The molecule has 0 aliphatic rings. The Morgan fingerprint density at radius 2 is 2.07 bits per heavy atom. The van der Waals surface area contributed by atoms with E-state index in [0.717, 1.165) is 0 Å². The molecule has 2 heteroatoms. The van der Waals surface area contributed by atoms with Crippen LogP contribution < -0.4 is 11.1 Å². The van der Waals surface area contributed by atoms with Gasteiger partial charge in [-0.25, -0.2) is 0 Å². The van der Waals surface area contributed by atoms with Crippen LogP contribution >= 0.6 is 0 Å². The molecule has 1 atom stereocenters. The number of rotatable bonds is 4. The maximum Gasteiger partial charge on any atom is 0.0446 e. The molecule has 0 spiro atoms. The monoisotopic (exact) mass is 192 g/mol. The number of benzene rings is 1. The third-order valence-electron chi connectivity index (χ3n) is 2.21. The molecule has 0 radical (unpaired) electrons. The van der Waals surface area contributed by atoms with Gasteiger partial charge < -0.3 is 11.1 Å². The molecular formula is C12H20N2. The van der Waals surface area contributed by atoms with E-state index < -0.39 is 0 Å². The molecule has 0 bridgehead atoms. The van der Waals surface area contributed by atoms with E-state index in [4.69, 9.17) is 5.73 Å². The van der Waals surface area contributed by atoms with Crippen molar-refractivity contribution in [2.75, 3.05) is 6.54 Å². The van der Waals surface area contributed by atoms with Crippen LogP contribution in [0.15, 0.2) is 24.3 Å². The van der Waals surface area contributed by atoms with Gasteiger partial charge in [0, 0.05) is 18.6 Å². The summed E-state index contributed by atoms with van der Waals surface area (Å²) in [6.07, 6.45) is 0. The number of hydrogen-bond acceptors (Lipinski definition) is 2. The summed E-state index contributed by atoms with van der Waals surface area (Å²) in [6.45, 7) is 7.02. The highest BCUT2D eigenvalue weighted by Gasteiger charge is 2.09. The highest BCUT2D eigenvalue weighted by Crippen LogP contribution is 2.13. The summed E-state index contributed by atoms with van der Waals surface area (Å²) in [7, 11) is 0. The molecule has 1 rings (SSSR count). The first-order chi connectivity index (χ1) is 6.63. The fourth-order valence-electron chi connectivity index (χ4n) is 1.59. The molecule has 1 aromatic carbocycles. The minimum Gasteiger partial charge on any atom is -0.329 e. The summed E-state index contributed by atoms with van der Waals surface area (Å²) in [5, 5.41) is 3.45. The molecule has 1 aromatic rings. The van der Waals surface area contributed by atoms with Crippen LogP contribution in [0.2, 0.25) is 0 Å². The molecule has 2 nitrogen and oxygen atoms in total. The Bertz CT molecular complexity index is 281. The van der Waals surface area contributed by atoms with Crippen molar-refractivity contribution < 1.29 is 0 Å². The van der Waals surface area contributed by atoms with Gasteiger partial charge in [0.2, 0.25) is 0 Å². The van der Waals surface area contributed by atoms with Crippen LogP contribution in [-0.2, 0) is 0 Å².